The normalized spacial score (nSPS) is 33.0. The zero-order valence-electron chi connectivity index (χ0n) is 13.3. The van der Waals surface area contributed by atoms with Crippen LogP contribution in [0.15, 0.2) is 0 Å². The Morgan fingerprint density at radius 3 is 2.71 bits per heavy atom. The molecule has 2 N–H and O–H groups in total. The van der Waals surface area contributed by atoms with Gasteiger partial charge in [-0.15, -0.1) is 0 Å². The predicted molar refractivity (Wildman–Crippen MR) is 77.4 cm³/mol. The molecule has 6 nitrogen and oxygen atoms in total. The van der Waals surface area contributed by atoms with E-state index in [2.05, 4.69) is 4.74 Å². The second kappa shape index (κ2) is 5.57. The minimum atomic E-state index is -0.867. The van der Waals surface area contributed by atoms with Gasteiger partial charge in [-0.1, -0.05) is 13.8 Å². The summed E-state index contributed by atoms with van der Waals surface area (Å²) in [5.74, 6) is -0.210. The highest BCUT2D eigenvalue weighted by atomic mass is 16.5. The van der Waals surface area contributed by atoms with Crippen molar-refractivity contribution < 1.29 is 19.1 Å². The molecule has 2 rings (SSSR count). The number of fused-ring (bicyclic) bond motifs is 1. The number of carbonyl (C=O) groups excluding carboxylic acids is 2. The summed E-state index contributed by atoms with van der Waals surface area (Å²) in [7, 11) is 3.11. The number of nitrogens with two attached hydrogens (primary N) is 1. The van der Waals surface area contributed by atoms with Crippen molar-refractivity contribution >= 4 is 11.9 Å². The third kappa shape index (κ3) is 2.34. The van der Waals surface area contributed by atoms with E-state index in [0.717, 1.165) is 6.42 Å². The Morgan fingerprint density at radius 1 is 1.43 bits per heavy atom. The lowest BCUT2D eigenvalue weighted by molar-refractivity contribution is -0.183. The first kappa shape index (κ1) is 16.2. The maximum Gasteiger partial charge on any atom is 0.305 e. The van der Waals surface area contributed by atoms with Gasteiger partial charge in [0.25, 0.3) is 0 Å². The maximum absolute atomic E-state index is 12.8. The SMILES string of the molecule is COC(=O)CCCN(C)C(=O)C1(N)C2CCOC2C1(C)C. The summed E-state index contributed by atoms with van der Waals surface area (Å²) >= 11 is 0. The molecule has 0 aromatic carbocycles. The number of hydrogen-bond acceptors (Lipinski definition) is 5. The van der Waals surface area contributed by atoms with Crippen molar-refractivity contribution in [3.05, 3.63) is 0 Å². The first-order valence-electron chi connectivity index (χ1n) is 7.49. The number of esters is 1. The second-order valence-corrected chi connectivity index (χ2v) is 6.68. The largest absolute Gasteiger partial charge is 0.469 e. The summed E-state index contributed by atoms with van der Waals surface area (Å²) in [5.41, 5.74) is 5.28. The molecule has 0 bridgehead atoms. The van der Waals surface area contributed by atoms with Gasteiger partial charge in [0, 0.05) is 38.0 Å². The molecular formula is C15H26N2O4. The third-order valence-electron chi connectivity index (χ3n) is 5.26. The molecule has 0 spiro atoms. The standard InChI is InChI=1S/C15H26N2O4/c1-14(2)12-10(7-9-21-12)15(14,16)13(19)17(3)8-5-6-11(18)20-4/h10,12H,5-9,16H2,1-4H3. The fourth-order valence-electron chi connectivity index (χ4n) is 3.80. The Morgan fingerprint density at radius 2 is 2.10 bits per heavy atom. The van der Waals surface area contributed by atoms with Crippen LogP contribution in [0.3, 0.4) is 0 Å². The smallest absolute Gasteiger partial charge is 0.305 e. The Labute approximate surface area is 125 Å². The lowest BCUT2D eigenvalue weighted by atomic mass is 9.47. The molecule has 1 aliphatic carbocycles. The molecule has 0 aromatic rings. The van der Waals surface area contributed by atoms with Crippen LogP contribution in [-0.2, 0) is 19.1 Å². The fourth-order valence-corrected chi connectivity index (χ4v) is 3.80. The van der Waals surface area contributed by atoms with E-state index in [1.165, 1.54) is 7.11 Å². The van der Waals surface area contributed by atoms with Gasteiger partial charge in [0.05, 0.1) is 13.2 Å². The molecule has 1 saturated carbocycles. The molecule has 3 atom stereocenters. The molecule has 21 heavy (non-hydrogen) atoms. The third-order valence-corrected chi connectivity index (χ3v) is 5.26. The van der Waals surface area contributed by atoms with E-state index >= 15 is 0 Å². The van der Waals surface area contributed by atoms with E-state index in [0.29, 0.717) is 26.0 Å². The molecule has 1 amide bonds. The summed E-state index contributed by atoms with van der Waals surface area (Å²) in [6.07, 6.45) is 1.81. The molecule has 1 saturated heterocycles. The van der Waals surface area contributed by atoms with Crippen LogP contribution in [-0.4, -0.2) is 55.7 Å². The maximum atomic E-state index is 12.8. The first-order valence-corrected chi connectivity index (χ1v) is 7.49. The number of methoxy groups -OCH3 is 1. The molecule has 6 heteroatoms. The zero-order chi connectivity index (χ0) is 15.8. The highest BCUT2D eigenvalue weighted by Crippen LogP contribution is 2.58. The van der Waals surface area contributed by atoms with Gasteiger partial charge < -0.3 is 20.1 Å². The molecule has 0 radical (unpaired) electrons. The quantitative estimate of drug-likeness (QED) is 0.749. The summed E-state index contributed by atoms with van der Waals surface area (Å²) in [6.45, 7) is 5.18. The number of amides is 1. The van der Waals surface area contributed by atoms with Crippen LogP contribution in [0.25, 0.3) is 0 Å². The molecular weight excluding hydrogens is 272 g/mol. The molecule has 2 fully saturated rings. The molecule has 2 aliphatic rings. The van der Waals surface area contributed by atoms with Crippen LogP contribution in [0.4, 0.5) is 0 Å². The van der Waals surface area contributed by atoms with Gasteiger partial charge in [-0.2, -0.15) is 0 Å². The van der Waals surface area contributed by atoms with Crippen molar-refractivity contribution in [2.75, 3.05) is 27.3 Å². The molecule has 1 aliphatic heterocycles. The predicted octanol–water partition coefficient (Wildman–Crippen LogP) is 0.540. The van der Waals surface area contributed by atoms with Gasteiger partial charge in [0.1, 0.15) is 5.54 Å². The topological polar surface area (TPSA) is 81.9 Å². The van der Waals surface area contributed by atoms with Crippen LogP contribution >= 0.6 is 0 Å². The Hall–Kier alpha value is -1.14. The van der Waals surface area contributed by atoms with Gasteiger partial charge in [-0.3, -0.25) is 9.59 Å². The van der Waals surface area contributed by atoms with Crippen molar-refractivity contribution in [1.29, 1.82) is 0 Å². The minimum absolute atomic E-state index is 0.0517. The monoisotopic (exact) mass is 298 g/mol. The second-order valence-electron chi connectivity index (χ2n) is 6.68. The highest BCUT2D eigenvalue weighted by Gasteiger charge is 2.71. The first-order chi connectivity index (χ1) is 9.76. The van der Waals surface area contributed by atoms with Gasteiger partial charge in [-0.25, -0.2) is 0 Å². The molecule has 120 valence electrons. The summed E-state index contributed by atoms with van der Waals surface area (Å²) in [5, 5.41) is 0. The highest BCUT2D eigenvalue weighted by molar-refractivity contribution is 5.89. The molecule has 3 unspecified atom stereocenters. The lowest BCUT2D eigenvalue weighted by Crippen LogP contribution is -2.80. The lowest BCUT2D eigenvalue weighted by Gasteiger charge is -2.61. The van der Waals surface area contributed by atoms with Crippen molar-refractivity contribution in [3.63, 3.8) is 0 Å². The van der Waals surface area contributed by atoms with Crippen LogP contribution in [0.5, 0.6) is 0 Å². The Balaban J connectivity index is 1.97. The fraction of sp³-hybridized carbons (Fsp3) is 0.867. The van der Waals surface area contributed by atoms with Crippen molar-refractivity contribution in [2.45, 2.75) is 44.8 Å². The van der Waals surface area contributed by atoms with E-state index in [1.807, 2.05) is 13.8 Å². The van der Waals surface area contributed by atoms with Crippen molar-refractivity contribution in [2.24, 2.45) is 17.1 Å². The van der Waals surface area contributed by atoms with Crippen molar-refractivity contribution in [1.82, 2.24) is 4.90 Å². The number of hydrogen-bond donors (Lipinski definition) is 1. The van der Waals surface area contributed by atoms with Gasteiger partial charge in [0.15, 0.2) is 0 Å². The van der Waals surface area contributed by atoms with E-state index < -0.39 is 5.54 Å². The van der Waals surface area contributed by atoms with E-state index in [1.54, 1.807) is 11.9 Å². The number of nitrogens with zero attached hydrogens (tertiary/aromatic N) is 1. The summed E-state index contributed by atoms with van der Waals surface area (Å²) in [4.78, 5) is 25.5. The van der Waals surface area contributed by atoms with E-state index in [-0.39, 0.29) is 29.3 Å². The van der Waals surface area contributed by atoms with Crippen LogP contribution < -0.4 is 5.73 Å². The van der Waals surface area contributed by atoms with Gasteiger partial charge >= 0.3 is 5.97 Å². The average molecular weight is 298 g/mol. The van der Waals surface area contributed by atoms with Crippen LogP contribution in [0, 0.1) is 11.3 Å². The molecule has 0 aromatic heterocycles. The van der Waals surface area contributed by atoms with E-state index in [9.17, 15) is 9.59 Å². The summed E-state index contributed by atoms with van der Waals surface area (Å²) in [6, 6.07) is 0. The van der Waals surface area contributed by atoms with Crippen LogP contribution in [0.2, 0.25) is 0 Å². The number of likely N-dealkylation sites (N-methyl/N-ethyl adjacent to an activating group) is 1. The Kier molecular flexibility index (Phi) is 4.31. The van der Waals surface area contributed by atoms with E-state index in [4.69, 9.17) is 10.5 Å². The van der Waals surface area contributed by atoms with Crippen LogP contribution in [0.1, 0.15) is 33.1 Å². The number of carbonyl (C=O) groups is 2. The average Bonchev–Trinajstić information content (AvgIpc) is 2.93. The van der Waals surface area contributed by atoms with Crippen molar-refractivity contribution in [3.8, 4) is 0 Å². The number of rotatable bonds is 5. The zero-order valence-corrected chi connectivity index (χ0v) is 13.3. The van der Waals surface area contributed by atoms with Gasteiger partial charge in [-0.05, 0) is 12.8 Å². The van der Waals surface area contributed by atoms with Gasteiger partial charge in [0.2, 0.25) is 5.91 Å². The summed E-state index contributed by atoms with van der Waals surface area (Å²) < 4.78 is 10.3. The molecule has 1 heterocycles. The Bertz CT molecular complexity index is 437. The number of ether oxygens (including phenoxy) is 2. The minimum Gasteiger partial charge on any atom is -0.469 e.